The van der Waals surface area contributed by atoms with Crippen molar-refractivity contribution < 1.29 is 23.0 Å². The molecule has 0 spiro atoms. The predicted octanol–water partition coefficient (Wildman–Crippen LogP) is 7.09. The molecule has 1 aromatic rings. The van der Waals surface area contributed by atoms with Gasteiger partial charge in [-0.05, 0) is 101 Å². The third-order valence-electron chi connectivity index (χ3n) is 8.32. The van der Waals surface area contributed by atoms with Gasteiger partial charge < -0.3 is 9.47 Å². The summed E-state index contributed by atoms with van der Waals surface area (Å²) in [6.07, 6.45) is 16.4. The topological polar surface area (TPSA) is 35.5 Å². The average molecular weight is 447 g/mol. The van der Waals surface area contributed by atoms with Crippen molar-refractivity contribution in [1.82, 2.24) is 0 Å². The molecule has 1 aromatic carbocycles. The molecule has 0 saturated heterocycles. The summed E-state index contributed by atoms with van der Waals surface area (Å²) < 4.78 is 37.8. The Kier molecular flexibility index (Phi) is 7.52. The van der Waals surface area contributed by atoms with E-state index in [0.29, 0.717) is 5.92 Å². The highest BCUT2D eigenvalue weighted by atomic mass is 19.1. The van der Waals surface area contributed by atoms with Crippen molar-refractivity contribution >= 4 is 5.97 Å². The van der Waals surface area contributed by atoms with E-state index < -0.39 is 17.4 Å². The van der Waals surface area contributed by atoms with Gasteiger partial charge in [-0.25, -0.2) is 8.78 Å². The van der Waals surface area contributed by atoms with Gasteiger partial charge in [-0.3, -0.25) is 4.79 Å². The first kappa shape index (κ1) is 23.3. The van der Waals surface area contributed by atoms with Gasteiger partial charge in [-0.1, -0.05) is 12.2 Å². The fourth-order valence-electron chi connectivity index (χ4n) is 6.65. The van der Waals surface area contributed by atoms with Crippen molar-refractivity contribution in [3.8, 4) is 11.5 Å². The van der Waals surface area contributed by atoms with Crippen LogP contribution in [0.3, 0.4) is 0 Å². The van der Waals surface area contributed by atoms with Gasteiger partial charge in [0.15, 0.2) is 17.4 Å². The average Bonchev–Trinajstić information content (AvgIpc) is 2.79. The lowest BCUT2D eigenvalue weighted by Crippen LogP contribution is -2.35. The Bertz CT molecular complexity index is 805. The van der Waals surface area contributed by atoms with E-state index in [1.165, 1.54) is 45.6 Å². The number of carbonyl (C=O) groups excluding carboxylic acids is 1. The molecule has 0 aromatic heterocycles. The number of esters is 1. The van der Waals surface area contributed by atoms with Crippen LogP contribution in [0.2, 0.25) is 0 Å². The molecular weight excluding hydrogens is 410 g/mol. The molecule has 0 radical (unpaired) electrons. The quantitative estimate of drug-likeness (QED) is 0.275. The van der Waals surface area contributed by atoms with Crippen LogP contribution in [0.1, 0.15) is 71.1 Å². The third kappa shape index (κ3) is 5.18. The molecule has 0 amide bonds. The largest absolute Gasteiger partial charge is 0.491 e. The third-order valence-corrected chi connectivity index (χ3v) is 8.32. The minimum absolute atomic E-state index is 0.0974. The first-order valence-electron chi connectivity index (χ1n) is 12.4. The summed E-state index contributed by atoms with van der Waals surface area (Å²) >= 11 is 0. The van der Waals surface area contributed by atoms with Crippen LogP contribution in [0, 0.1) is 47.1 Å². The number of hydrogen-bond donors (Lipinski definition) is 0. The molecule has 3 nitrogen and oxygen atoms in total. The molecule has 0 N–H and O–H groups in total. The maximum atomic E-state index is 13.9. The second kappa shape index (κ2) is 10.4. The Morgan fingerprint density at radius 3 is 2.06 bits per heavy atom. The highest BCUT2D eigenvalue weighted by Gasteiger charge is 2.39. The zero-order valence-electron chi connectivity index (χ0n) is 19.3. The molecule has 0 aliphatic heterocycles. The Labute approximate surface area is 190 Å². The van der Waals surface area contributed by atoms with E-state index in [1.807, 2.05) is 0 Å². The van der Waals surface area contributed by atoms with Crippen molar-refractivity contribution in [2.45, 2.75) is 71.1 Å². The number of rotatable bonds is 5. The molecule has 3 saturated carbocycles. The minimum atomic E-state index is -0.866. The summed E-state index contributed by atoms with van der Waals surface area (Å²) in [5, 5.41) is 0. The van der Waals surface area contributed by atoms with E-state index in [2.05, 4.69) is 23.8 Å². The molecule has 176 valence electrons. The molecule has 5 heteroatoms. The standard InChI is InChI=1S/C27H36F2O3/c1-3-4-17-5-6-22-14-21(12-11-20(22)13-17)18-7-9-19(10-8-18)27(30)32-23-15-24(28)26(31-2)25(29)16-23/h3-4,15-22H,5-14H2,1-2H3/b4-3+. The number of benzene rings is 1. The van der Waals surface area contributed by atoms with E-state index in [-0.39, 0.29) is 17.6 Å². The number of hydrogen-bond acceptors (Lipinski definition) is 3. The number of allylic oxidation sites excluding steroid dienone is 2. The molecule has 0 heterocycles. The summed E-state index contributed by atoms with van der Waals surface area (Å²) in [5.74, 6) is 1.20. The van der Waals surface area contributed by atoms with Crippen LogP contribution in [0.5, 0.6) is 11.5 Å². The number of methoxy groups -OCH3 is 1. The lowest BCUT2D eigenvalue weighted by Gasteiger charge is -2.45. The van der Waals surface area contributed by atoms with E-state index in [4.69, 9.17) is 4.74 Å². The van der Waals surface area contributed by atoms with E-state index >= 15 is 0 Å². The van der Waals surface area contributed by atoms with E-state index in [0.717, 1.165) is 61.5 Å². The van der Waals surface area contributed by atoms with Gasteiger partial charge in [-0.2, -0.15) is 0 Å². The predicted molar refractivity (Wildman–Crippen MR) is 120 cm³/mol. The molecule has 32 heavy (non-hydrogen) atoms. The number of ether oxygens (including phenoxy) is 2. The highest BCUT2D eigenvalue weighted by Crippen LogP contribution is 2.49. The van der Waals surface area contributed by atoms with Gasteiger partial charge in [0, 0.05) is 12.1 Å². The molecule has 4 unspecified atom stereocenters. The van der Waals surface area contributed by atoms with Crippen molar-refractivity contribution in [2.24, 2.45) is 35.5 Å². The summed E-state index contributed by atoms with van der Waals surface area (Å²) in [7, 11) is 1.20. The van der Waals surface area contributed by atoms with Gasteiger partial charge in [0.05, 0.1) is 13.0 Å². The van der Waals surface area contributed by atoms with Crippen molar-refractivity contribution in [2.75, 3.05) is 7.11 Å². The zero-order valence-corrected chi connectivity index (χ0v) is 19.3. The second-order valence-corrected chi connectivity index (χ2v) is 10.1. The first-order chi connectivity index (χ1) is 15.5. The lowest BCUT2D eigenvalue weighted by molar-refractivity contribution is -0.140. The monoisotopic (exact) mass is 446 g/mol. The van der Waals surface area contributed by atoms with Crippen LogP contribution in [0.25, 0.3) is 0 Å². The Balaban J connectivity index is 1.26. The molecule has 3 aliphatic carbocycles. The fraction of sp³-hybridized carbons (Fsp3) is 0.667. The SMILES string of the molecule is C/C=C/C1CCC2CC(C3CCC(C(=O)Oc4cc(F)c(OC)c(F)c4)CC3)CCC2C1. The Hall–Kier alpha value is -1.91. The Morgan fingerprint density at radius 2 is 1.44 bits per heavy atom. The molecule has 4 atom stereocenters. The second-order valence-electron chi connectivity index (χ2n) is 10.1. The van der Waals surface area contributed by atoms with Gasteiger partial charge in [0.1, 0.15) is 5.75 Å². The number of fused-ring (bicyclic) bond motifs is 1. The van der Waals surface area contributed by atoms with Crippen LogP contribution in [-0.4, -0.2) is 13.1 Å². The van der Waals surface area contributed by atoms with Gasteiger partial charge in [-0.15, -0.1) is 0 Å². The highest BCUT2D eigenvalue weighted by molar-refractivity contribution is 5.75. The summed E-state index contributed by atoms with van der Waals surface area (Å²) in [4.78, 5) is 12.6. The molecular formula is C27H36F2O3. The van der Waals surface area contributed by atoms with Gasteiger partial charge in [0.2, 0.25) is 0 Å². The van der Waals surface area contributed by atoms with Crippen LogP contribution in [0.15, 0.2) is 24.3 Å². The molecule has 4 rings (SSSR count). The summed E-state index contributed by atoms with van der Waals surface area (Å²) in [5.41, 5.74) is 0. The van der Waals surface area contributed by atoms with Crippen molar-refractivity contribution in [3.05, 3.63) is 35.9 Å². The molecule has 3 aliphatic rings. The molecule has 0 bridgehead atoms. The van der Waals surface area contributed by atoms with Crippen LogP contribution in [0.4, 0.5) is 8.78 Å². The van der Waals surface area contributed by atoms with Crippen molar-refractivity contribution in [1.29, 1.82) is 0 Å². The van der Waals surface area contributed by atoms with Gasteiger partial charge in [0.25, 0.3) is 0 Å². The smallest absolute Gasteiger partial charge is 0.314 e. The minimum Gasteiger partial charge on any atom is -0.491 e. The normalized spacial score (nSPS) is 33.0. The first-order valence-corrected chi connectivity index (χ1v) is 12.4. The number of halogens is 2. The fourth-order valence-corrected chi connectivity index (χ4v) is 6.65. The zero-order chi connectivity index (χ0) is 22.7. The maximum absolute atomic E-state index is 13.9. The lowest BCUT2D eigenvalue weighted by atomic mass is 9.61. The van der Waals surface area contributed by atoms with Gasteiger partial charge >= 0.3 is 5.97 Å². The summed E-state index contributed by atoms with van der Waals surface area (Å²) in [6.45, 7) is 2.13. The van der Waals surface area contributed by atoms with E-state index in [9.17, 15) is 13.6 Å². The van der Waals surface area contributed by atoms with E-state index in [1.54, 1.807) is 0 Å². The Morgan fingerprint density at radius 1 is 0.875 bits per heavy atom. The van der Waals surface area contributed by atoms with Crippen LogP contribution >= 0.6 is 0 Å². The summed E-state index contributed by atoms with van der Waals surface area (Å²) in [6, 6.07) is 2.02. The van der Waals surface area contributed by atoms with Crippen molar-refractivity contribution in [3.63, 3.8) is 0 Å². The molecule has 3 fully saturated rings. The van der Waals surface area contributed by atoms with Crippen LogP contribution in [-0.2, 0) is 4.79 Å². The number of carbonyl (C=O) groups is 1. The maximum Gasteiger partial charge on any atom is 0.314 e. The van der Waals surface area contributed by atoms with Crippen LogP contribution < -0.4 is 9.47 Å².